The van der Waals surface area contributed by atoms with Crippen LogP contribution in [0.15, 0.2) is 0 Å². The average Bonchev–Trinajstić information content (AvgIpc) is 2.52. The van der Waals surface area contributed by atoms with E-state index in [0.29, 0.717) is 32.5 Å². The number of rotatable bonds is 3. The van der Waals surface area contributed by atoms with E-state index in [0.717, 1.165) is 19.4 Å². The molecule has 0 aliphatic carbocycles. The fraction of sp³-hybridized carbons (Fsp3) is 0.882. The molecule has 2 atom stereocenters. The molecule has 2 aliphatic rings. The minimum Gasteiger partial charge on any atom is -0.444 e. The molecule has 7 heteroatoms. The Morgan fingerprint density at radius 2 is 2.12 bits per heavy atom. The lowest BCUT2D eigenvalue weighted by Crippen LogP contribution is -2.59. The molecule has 138 valence electrons. The average molecular weight is 342 g/mol. The van der Waals surface area contributed by atoms with E-state index >= 15 is 0 Å². The Morgan fingerprint density at radius 3 is 2.75 bits per heavy atom. The second-order valence-corrected chi connectivity index (χ2v) is 7.83. The number of nitrogens with one attached hydrogen (secondary N) is 1. The van der Waals surface area contributed by atoms with Crippen molar-refractivity contribution < 1.29 is 24.2 Å². The van der Waals surface area contributed by atoms with Crippen LogP contribution in [0.3, 0.4) is 0 Å². The first-order chi connectivity index (χ1) is 11.2. The van der Waals surface area contributed by atoms with Gasteiger partial charge in [-0.1, -0.05) is 0 Å². The van der Waals surface area contributed by atoms with Gasteiger partial charge in [0, 0.05) is 19.7 Å². The highest BCUT2D eigenvalue weighted by Crippen LogP contribution is 2.23. The molecule has 2 saturated heterocycles. The maximum Gasteiger partial charge on any atom is 0.410 e. The zero-order chi connectivity index (χ0) is 17.8. The van der Waals surface area contributed by atoms with Crippen LogP contribution in [0.1, 0.15) is 46.5 Å². The first-order valence-electron chi connectivity index (χ1n) is 8.76. The summed E-state index contributed by atoms with van der Waals surface area (Å²) in [5.74, 6) is -0.127. The number of carbonyl (C=O) groups is 2. The lowest BCUT2D eigenvalue weighted by Gasteiger charge is -2.38. The number of β-amino-alcohol motifs (C(OH)–C–C–N with tert-alkyl or cyclic N) is 1. The molecule has 2 N–H and O–H groups in total. The summed E-state index contributed by atoms with van der Waals surface area (Å²) in [6.45, 7) is 7.74. The van der Waals surface area contributed by atoms with Crippen molar-refractivity contribution in [2.45, 2.75) is 57.7 Å². The van der Waals surface area contributed by atoms with Gasteiger partial charge >= 0.3 is 6.09 Å². The molecule has 24 heavy (non-hydrogen) atoms. The standard InChI is InChI=1S/C17H30N2O5/c1-16(2,3)24-15(21)19-8-5-7-17(22,12-19)14(20)18-10-13-6-4-9-23-11-13/h13,22H,4-12H2,1-3H3,(H,18,20)/t13-,17-/m0/s1. The summed E-state index contributed by atoms with van der Waals surface area (Å²) in [7, 11) is 0. The maximum atomic E-state index is 12.4. The van der Waals surface area contributed by atoms with Crippen molar-refractivity contribution in [1.29, 1.82) is 0 Å². The van der Waals surface area contributed by atoms with Gasteiger partial charge in [-0.25, -0.2) is 4.79 Å². The van der Waals surface area contributed by atoms with E-state index < -0.39 is 23.2 Å². The monoisotopic (exact) mass is 342 g/mol. The predicted molar refractivity (Wildman–Crippen MR) is 88.5 cm³/mol. The Kier molecular flexibility index (Phi) is 6.09. The number of hydrogen-bond donors (Lipinski definition) is 2. The molecule has 2 fully saturated rings. The summed E-state index contributed by atoms with van der Waals surface area (Å²) in [6, 6.07) is 0. The number of nitrogens with zero attached hydrogens (tertiary/aromatic N) is 1. The van der Waals surface area contributed by atoms with Crippen molar-refractivity contribution in [3.63, 3.8) is 0 Å². The van der Waals surface area contributed by atoms with Crippen LogP contribution in [-0.2, 0) is 14.3 Å². The van der Waals surface area contributed by atoms with Gasteiger partial charge in [-0.2, -0.15) is 0 Å². The van der Waals surface area contributed by atoms with Crippen LogP contribution in [0.25, 0.3) is 0 Å². The number of hydrogen-bond acceptors (Lipinski definition) is 5. The fourth-order valence-electron chi connectivity index (χ4n) is 3.07. The maximum absolute atomic E-state index is 12.4. The second kappa shape index (κ2) is 7.70. The molecular formula is C17H30N2O5. The van der Waals surface area contributed by atoms with Crippen LogP contribution in [0.2, 0.25) is 0 Å². The molecule has 0 spiro atoms. The smallest absolute Gasteiger partial charge is 0.410 e. The summed E-state index contributed by atoms with van der Waals surface area (Å²) < 4.78 is 10.7. The molecule has 0 bridgehead atoms. The van der Waals surface area contributed by atoms with E-state index in [-0.39, 0.29) is 12.5 Å². The van der Waals surface area contributed by atoms with E-state index in [1.165, 1.54) is 4.90 Å². The normalized spacial score (nSPS) is 28.3. The highest BCUT2D eigenvalue weighted by atomic mass is 16.6. The van der Waals surface area contributed by atoms with Crippen LogP contribution >= 0.6 is 0 Å². The predicted octanol–water partition coefficient (Wildman–Crippen LogP) is 1.29. The van der Waals surface area contributed by atoms with E-state index in [1.807, 2.05) is 0 Å². The molecule has 0 aromatic rings. The molecular weight excluding hydrogens is 312 g/mol. The quantitative estimate of drug-likeness (QED) is 0.807. The molecule has 0 unspecified atom stereocenters. The molecule has 2 aliphatic heterocycles. The lowest BCUT2D eigenvalue weighted by atomic mass is 9.91. The highest BCUT2D eigenvalue weighted by Gasteiger charge is 2.42. The molecule has 0 radical (unpaired) electrons. The van der Waals surface area contributed by atoms with Gasteiger partial charge < -0.3 is 24.8 Å². The van der Waals surface area contributed by atoms with Crippen molar-refractivity contribution in [3.8, 4) is 0 Å². The number of amides is 2. The third kappa shape index (κ3) is 5.34. The first kappa shape index (κ1) is 19.0. The van der Waals surface area contributed by atoms with Gasteiger partial charge in [-0.05, 0) is 52.4 Å². The van der Waals surface area contributed by atoms with Gasteiger partial charge in [0.1, 0.15) is 5.60 Å². The summed E-state index contributed by atoms with van der Waals surface area (Å²) >= 11 is 0. The molecule has 0 saturated carbocycles. The SMILES string of the molecule is CC(C)(C)OC(=O)N1CCC[C@@](O)(C(=O)NC[C@@H]2CCCOC2)C1. The first-order valence-corrected chi connectivity index (χ1v) is 8.76. The number of ether oxygens (including phenoxy) is 2. The van der Waals surface area contributed by atoms with Crippen LogP contribution in [0, 0.1) is 5.92 Å². The molecule has 2 heterocycles. The summed E-state index contributed by atoms with van der Waals surface area (Å²) in [5.41, 5.74) is -2.15. The van der Waals surface area contributed by atoms with Gasteiger partial charge in [0.05, 0.1) is 13.2 Å². The Labute approximate surface area is 143 Å². The fourth-order valence-corrected chi connectivity index (χ4v) is 3.07. The molecule has 0 aromatic heterocycles. The van der Waals surface area contributed by atoms with E-state index in [2.05, 4.69) is 5.32 Å². The zero-order valence-electron chi connectivity index (χ0n) is 15.0. The van der Waals surface area contributed by atoms with Crippen molar-refractivity contribution in [2.24, 2.45) is 5.92 Å². The molecule has 7 nitrogen and oxygen atoms in total. The van der Waals surface area contributed by atoms with E-state index in [4.69, 9.17) is 9.47 Å². The topological polar surface area (TPSA) is 88.1 Å². The van der Waals surface area contributed by atoms with E-state index in [1.54, 1.807) is 20.8 Å². The van der Waals surface area contributed by atoms with Gasteiger partial charge in [-0.3, -0.25) is 4.79 Å². The Morgan fingerprint density at radius 1 is 1.38 bits per heavy atom. The number of likely N-dealkylation sites (tertiary alicyclic amines) is 1. The van der Waals surface area contributed by atoms with Crippen molar-refractivity contribution in [2.75, 3.05) is 32.8 Å². The van der Waals surface area contributed by atoms with Gasteiger partial charge in [0.25, 0.3) is 5.91 Å². The lowest BCUT2D eigenvalue weighted by molar-refractivity contribution is -0.145. The van der Waals surface area contributed by atoms with Crippen LogP contribution in [0.4, 0.5) is 4.79 Å². The Balaban J connectivity index is 1.87. The van der Waals surface area contributed by atoms with Gasteiger partial charge in [0.2, 0.25) is 0 Å². The molecule has 2 rings (SSSR count). The summed E-state index contributed by atoms with van der Waals surface area (Å²) in [5, 5.41) is 13.5. The zero-order valence-corrected chi connectivity index (χ0v) is 15.0. The van der Waals surface area contributed by atoms with Crippen LogP contribution < -0.4 is 5.32 Å². The summed E-state index contributed by atoms with van der Waals surface area (Å²) in [4.78, 5) is 26.0. The number of piperidine rings is 1. The van der Waals surface area contributed by atoms with Crippen molar-refractivity contribution >= 4 is 12.0 Å². The third-order valence-electron chi connectivity index (χ3n) is 4.35. The summed E-state index contributed by atoms with van der Waals surface area (Å²) in [6.07, 6.45) is 2.43. The number of carbonyl (C=O) groups excluding carboxylic acids is 2. The largest absolute Gasteiger partial charge is 0.444 e. The van der Waals surface area contributed by atoms with Crippen LogP contribution in [-0.4, -0.2) is 66.1 Å². The third-order valence-corrected chi connectivity index (χ3v) is 4.35. The minimum atomic E-state index is -1.55. The molecule has 0 aromatic carbocycles. The van der Waals surface area contributed by atoms with E-state index in [9.17, 15) is 14.7 Å². The minimum absolute atomic E-state index is 0.0328. The van der Waals surface area contributed by atoms with Gasteiger partial charge in [0.15, 0.2) is 5.60 Å². The van der Waals surface area contributed by atoms with Gasteiger partial charge in [-0.15, -0.1) is 0 Å². The molecule has 2 amide bonds. The second-order valence-electron chi connectivity index (χ2n) is 7.83. The van der Waals surface area contributed by atoms with Crippen molar-refractivity contribution in [1.82, 2.24) is 10.2 Å². The highest BCUT2D eigenvalue weighted by molar-refractivity contribution is 5.86. The number of aliphatic hydroxyl groups is 1. The van der Waals surface area contributed by atoms with Crippen LogP contribution in [0.5, 0.6) is 0 Å². The Hall–Kier alpha value is -1.34. The van der Waals surface area contributed by atoms with Crippen molar-refractivity contribution in [3.05, 3.63) is 0 Å². The Bertz CT molecular complexity index is 456.